The largest absolute Gasteiger partial charge is 0.341 e. The number of amides is 1. The van der Waals surface area contributed by atoms with Gasteiger partial charge in [0.15, 0.2) is 0 Å². The van der Waals surface area contributed by atoms with Crippen LogP contribution in [-0.4, -0.2) is 73.7 Å². The summed E-state index contributed by atoms with van der Waals surface area (Å²) in [4.78, 5) is 17.4. The lowest BCUT2D eigenvalue weighted by Crippen LogP contribution is -2.55. The average molecular weight is 436 g/mol. The molecule has 1 aromatic rings. The molecule has 1 amide bonds. The van der Waals surface area contributed by atoms with Crippen LogP contribution in [0, 0.1) is 0 Å². The molecule has 2 heterocycles. The predicted molar refractivity (Wildman–Crippen MR) is 120 cm³/mol. The Labute approximate surface area is 182 Å². The zero-order valence-corrected chi connectivity index (χ0v) is 19.7. The van der Waals surface area contributed by atoms with Crippen LogP contribution in [0.5, 0.6) is 0 Å². The van der Waals surface area contributed by atoms with Crippen LogP contribution >= 0.6 is 0 Å². The second-order valence-corrected chi connectivity index (χ2v) is 11.6. The van der Waals surface area contributed by atoms with Crippen molar-refractivity contribution in [2.24, 2.45) is 0 Å². The second-order valence-electron chi connectivity index (χ2n) is 9.63. The molecule has 2 fully saturated rings. The lowest BCUT2D eigenvalue weighted by molar-refractivity contribution is -0.136. The van der Waals surface area contributed by atoms with E-state index in [1.165, 1.54) is 12.8 Å². The van der Waals surface area contributed by atoms with Crippen LogP contribution < -0.4 is 0 Å². The van der Waals surface area contributed by atoms with Gasteiger partial charge in [0.1, 0.15) is 0 Å². The summed E-state index contributed by atoms with van der Waals surface area (Å²) < 4.78 is 27.7. The van der Waals surface area contributed by atoms with Gasteiger partial charge in [-0.25, -0.2) is 8.42 Å². The van der Waals surface area contributed by atoms with E-state index in [0.29, 0.717) is 31.1 Å². The quantitative estimate of drug-likeness (QED) is 0.729. The van der Waals surface area contributed by atoms with Gasteiger partial charge in [0, 0.05) is 39.3 Å². The van der Waals surface area contributed by atoms with Crippen molar-refractivity contribution in [1.82, 2.24) is 14.1 Å². The van der Waals surface area contributed by atoms with Crippen molar-refractivity contribution in [2.75, 3.05) is 39.3 Å². The molecule has 0 bridgehead atoms. The number of rotatable bonds is 4. The molecule has 1 atom stereocenters. The molecule has 1 unspecified atom stereocenters. The van der Waals surface area contributed by atoms with Crippen LogP contribution in [0.2, 0.25) is 0 Å². The lowest BCUT2D eigenvalue weighted by Gasteiger charge is -2.38. The number of carbonyl (C=O) groups is 1. The van der Waals surface area contributed by atoms with Gasteiger partial charge < -0.3 is 4.90 Å². The highest BCUT2D eigenvalue weighted by Crippen LogP contribution is 2.25. The number of benzene rings is 1. The standard InChI is InChI=1S/C23H37N3O3S/c1-19(22(27)25-13-7-5-6-8-14-25)24-15-17-26(18-16-24)30(28,29)21-11-9-20(10-12-21)23(2,3)4/h9-12,19H,5-8,13-18H2,1-4H3. The van der Waals surface area contributed by atoms with Crippen LogP contribution in [0.25, 0.3) is 0 Å². The summed E-state index contributed by atoms with van der Waals surface area (Å²) in [5.41, 5.74) is 1.11. The maximum Gasteiger partial charge on any atom is 0.243 e. The van der Waals surface area contributed by atoms with Crippen LogP contribution in [0.3, 0.4) is 0 Å². The summed E-state index contributed by atoms with van der Waals surface area (Å²) in [5.74, 6) is 0.186. The number of carbonyl (C=O) groups excluding carboxylic acids is 1. The molecule has 2 aliphatic heterocycles. The maximum atomic E-state index is 13.1. The highest BCUT2D eigenvalue weighted by Gasteiger charge is 2.33. The Kier molecular flexibility index (Phi) is 7.25. The smallest absolute Gasteiger partial charge is 0.243 e. The molecule has 7 heteroatoms. The first-order valence-electron chi connectivity index (χ1n) is 11.2. The lowest BCUT2D eigenvalue weighted by atomic mass is 9.87. The number of nitrogens with zero attached hydrogens (tertiary/aromatic N) is 3. The average Bonchev–Trinajstić information content (AvgIpc) is 3.02. The van der Waals surface area contributed by atoms with E-state index in [0.717, 1.165) is 31.5 Å². The van der Waals surface area contributed by atoms with Gasteiger partial charge in [0.25, 0.3) is 0 Å². The predicted octanol–water partition coefficient (Wildman–Crippen LogP) is 3.08. The Balaban J connectivity index is 1.60. The molecule has 2 aliphatic rings. The van der Waals surface area contributed by atoms with Gasteiger partial charge in [0.05, 0.1) is 10.9 Å². The Morgan fingerprint density at radius 3 is 1.90 bits per heavy atom. The molecule has 0 saturated carbocycles. The molecule has 1 aromatic carbocycles. The number of hydrogen-bond acceptors (Lipinski definition) is 4. The van der Waals surface area contributed by atoms with Gasteiger partial charge in [-0.3, -0.25) is 9.69 Å². The molecule has 0 aliphatic carbocycles. The van der Waals surface area contributed by atoms with Crippen molar-refractivity contribution in [3.8, 4) is 0 Å². The number of sulfonamides is 1. The summed E-state index contributed by atoms with van der Waals surface area (Å²) in [5, 5.41) is 0. The van der Waals surface area contributed by atoms with Gasteiger partial charge >= 0.3 is 0 Å². The van der Waals surface area contributed by atoms with Crippen molar-refractivity contribution in [3.63, 3.8) is 0 Å². The van der Waals surface area contributed by atoms with Crippen molar-refractivity contribution >= 4 is 15.9 Å². The van der Waals surface area contributed by atoms with Crippen LogP contribution in [0.4, 0.5) is 0 Å². The summed E-state index contributed by atoms with van der Waals surface area (Å²) in [6.07, 6.45) is 4.56. The zero-order valence-electron chi connectivity index (χ0n) is 18.9. The van der Waals surface area contributed by atoms with Crippen molar-refractivity contribution in [2.45, 2.75) is 69.7 Å². The molecule has 0 N–H and O–H groups in total. The minimum atomic E-state index is -3.51. The molecule has 0 spiro atoms. The van der Waals surface area contributed by atoms with Gasteiger partial charge in [0.2, 0.25) is 15.9 Å². The van der Waals surface area contributed by atoms with E-state index in [1.54, 1.807) is 16.4 Å². The number of likely N-dealkylation sites (tertiary alicyclic amines) is 1. The fourth-order valence-electron chi connectivity index (χ4n) is 4.32. The highest BCUT2D eigenvalue weighted by atomic mass is 32.2. The van der Waals surface area contributed by atoms with Crippen LogP contribution in [0.15, 0.2) is 29.2 Å². The summed E-state index contributed by atoms with van der Waals surface area (Å²) >= 11 is 0. The first-order chi connectivity index (χ1) is 14.1. The first-order valence-corrected chi connectivity index (χ1v) is 12.7. The van der Waals surface area contributed by atoms with E-state index < -0.39 is 10.0 Å². The van der Waals surface area contributed by atoms with Gasteiger partial charge in [-0.1, -0.05) is 45.7 Å². The topological polar surface area (TPSA) is 60.9 Å². The summed E-state index contributed by atoms with van der Waals surface area (Å²) in [7, 11) is -3.51. The van der Waals surface area contributed by atoms with E-state index in [9.17, 15) is 13.2 Å². The van der Waals surface area contributed by atoms with E-state index in [2.05, 4.69) is 25.7 Å². The molecular weight excluding hydrogens is 398 g/mol. The molecule has 3 rings (SSSR count). The fraction of sp³-hybridized carbons (Fsp3) is 0.696. The SMILES string of the molecule is CC(C(=O)N1CCCCCC1)N1CCN(S(=O)(=O)c2ccc(C(C)(C)C)cc2)CC1. The van der Waals surface area contributed by atoms with Crippen molar-refractivity contribution in [3.05, 3.63) is 29.8 Å². The molecule has 0 radical (unpaired) electrons. The maximum absolute atomic E-state index is 13.1. The highest BCUT2D eigenvalue weighted by molar-refractivity contribution is 7.89. The Hall–Kier alpha value is -1.44. The van der Waals surface area contributed by atoms with Gasteiger partial charge in [-0.15, -0.1) is 0 Å². The third-order valence-electron chi connectivity index (χ3n) is 6.45. The zero-order chi connectivity index (χ0) is 21.9. The Morgan fingerprint density at radius 2 is 1.40 bits per heavy atom. The molecule has 168 valence electrons. The van der Waals surface area contributed by atoms with E-state index >= 15 is 0 Å². The second kappa shape index (κ2) is 9.37. The monoisotopic (exact) mass is 435 g/mol. The van der Waals surface area contributed by atoms with E-state index in [4.69, 9.17) is 0 Å². The summed E-state index contributed by atoms with van der Waals surface area (Å²) in [6.45, 7) is 12.0. The summed E-state index contributed by atoms with van der Waals surface area (Å²) in [6, 6.07) is 7.05. The van der Waals surface area contributed by atoms with E-state index in [1.807, 2.05) is 24.0 Å². The molecular formula is C23H37N3O3S. The minimum absolute atomic E-state index is 0.00995. The number of piperazine rings is 1. The number of hydrogen-bond donors (Lipinski definition) is 0. The molecule has 6 nitrogen and oxygen atoms in total. The van der Waals surface area contributed by atoms with E-state index in [-0.39, 0.29) is 17.4 Å². The minimum Gasteiger partial charge on any atom is -0.341 e. The van der Waals surface area contributed by atoms with Crippen LogP contribution in [0.1, 0.15) is 58.9 Å². The van der Waals surface area contributed by atoms with Gasteiger partial charge in [-0.2, -0.15) is 4.31 Å². The van der Waals surface area contributed by atoms with Crippen LogP contribution in [-0.2, 0) is 20.2 Å². The molecule has 30 heavy (non-hydrogen) atoms. The normalized spacial score (nSPS) is 21.3. The van der Waals surface area contributed by atoms with Crippen molar-refractivity contribution in [1.29, 1.82) is 0 Å². The first kappa shape index (κ1) is 23.2. The Bertz CT molecular complexity index is 814. The van der Waals surface area contributed by atoms with Gasteiger partial charge in [-0.05, 0) is 42.9 Å². The molecule has 2 saturated heterocycles. The Morgan fingerprint density at radius 1 is 0.867 bits per heavy atom. The molecule has 0 aromatic heterocycles. The third kappa shape index (κ3) is 5.24. The fourth-order valence-corrected chi connectivity index (χ4v) is 5.74. The van der Waals surface area contributed by atoms with Crippen molar-refractivity contribution < 1.29 is 13.2 Å². The third-order valence-corrected chi connectivity index (χ3v) is 8.37.